The normalized spacial score (nSPS) is 18.4. The first kappa shape index (κ1) is 12.2. The molecule has 0 spiro atoms. The maximum atomic E-state index is 11.4. The second-order valence-electron chi connectivity index (χ2n) is 3.60. The number of allylic oxidation sites excluding steroid dienone is 4. The Hall–Kier alpha value is -1.84. The van der Waals surface area contributed by atoms with Crippen LogP contribution in [0.2, 0.25) is 0 Å². The Kier molecular flexibility index (Phi) is 3.32. The van der Waals surface area contributed by atoms with Gasteiger partial charge in [-0.2, -0.15) is 0 Å². The van der Waals surface area contributed by atoms with E-state index in [2.05, 4.69) is 4.74 Å². The van der Waals surface area contributed by atoms with Gasteiger partial charge in [0.2, 0.25) is 0 Å². The average Bonchev–Trinajstić information content (AvgIpc) is 2.55. The Morgan fingerprint density at radius 3 is 2.19 bits per heavy atom. The van der Waals surface area contributed by atoms with Crippen LogP contribution in [0.4, 0.5) is 0 Å². The van der Waals surface area contributed by atoms with E-state index in [-0.39, 0.29) is 11.5 Å². The molecule has 0 radical (unpaired) electrons. The highest BCUT2D eigenvalue weighted by atomic mass is 16.5. The van der Waals surface area contributed by atoms with Crippen LogP contribution in [0.3, 0.4) is 0 Å². The van der Waals surface area contributed by atoms with E-state index in [1.165, 1.54) is 27.0 Å². The highest BCUT2D eigenvalue weighted by molar-refractivity contribution is 6.07. The number of hydrogen-bond acceptors (Lipinski definition) is 4. The van der Waals surface area contributed by atoms with E-state index in [4.69, 9.17) is 0 Å². The molecule has 4 nitrogen and oxygen atoms in total. The van der Waals surface area contributed by atoms with Gasteiger partial charge >= 0.3 is 5.97 Å². The van der Waals surface area contributed by atoms with Crippen LogP contribution in [0.1, 0.15) is 20.8 Å². The van der Waals surface area contributed by atoms with Gasteiger partial charge in [-0.05, 0) is 32.4 Å². The lowest BCUT2D eigenvalue weighted by molar-refractivity contribution is -0.135. The van der Waals surface area contributed by atoms with Crippen LogP contribution < -0.4 is 0 Å². The highest BCUT2D eigenvalue weighted by Gasteiger charge is 2.27. The second-order valence-corrected chi connectivity index (χ2v) is 3.60. The lowest BCUT2D eigenvalue weighted by Gasteiger charge is -2.03. The minimum atomic E-state index is -0.507. The largest absolute Gasteiger partial charge is 0.512 e. The van der Waals surface area contributed by atoms with Crippen molar-refractivity contribution in [1.82, 2.24) is 0 Å². The molecular formula is C12H14O4. The van der Waals surface area contributed by atoms with Gasteiger partial charge in [-0.25, -0.2) is 4.79 Å². The van der Waals surface area contributed by atoms with Crippen LogP contribution in [0.5, 0.6) is 0 Å². The Labute approximate surface area is 93.9 Å². The Morgan fingerprint density at radius 2 is 1.88 bits per heavy atom. The number of aliphatic hydroxyl groups is 1. The fraction of sp³-hybridized carbons (Fsp3) is 0.333. The smallest absolute Gasteiger partial charge is 0.338 e. The van der Waals surface area contributed by atoms with E-state index in [0.717, 1.165) is 0 Å². The molecule has 1 aliphatic rings. The summed E-state index contributed by atoms with van der Waals surface area (Å²) in [4.78, 5) is 22.9. The Morgan fingerprint density at radius 1 is 1.31 bits per heavy atom. The summed E-state index contributed by atoms with van der Waals surface area (Å²) in [5, 5.41) is 9.46. The zero-order valence-electron chi connectivity index (χ0n) is 9.75. The Bertz CT molecular complexity index is 446. The van der Waals surface area contributed by atoms with Crippen molar-refractivity contribution in [3.8, 4) is 0 Å². The van der Waals surface area contributed by atoms with E-state index in [1.54, 1.807) is 6.92 Å². The van der Waals surface area contributed by atoms with Crippen LogP contribution in [0.15, 0.2) is 34.1 Å². The van der Waals surface area contributed by atoms with Crippen LogP contribution in [-0.2, 0) is 14.3 Å². The number of rotatable bonds is 2. The summed E-state index contributed by atoms with van der Waals surface area (Å²) in [6.07, 6.45) is 1.48. The van der Waals surface area contributed by atoms with E-state index in [9.17, 15) is 14.7 Å². The van der Waals surface area contributed by atoms with Gasteiger partial charge < -0.3 is 9.84 Å². The van der Waals surface area contributed by atoms with Crippen LogP contribution in [0, 0.1) is 0 Å². The molecule has 4 heteroatoms. The summed E-state index contributed by atoms with van der Waals surface area (Å²) in [6.45, 7) is 4.54. The molecule has 0 aromatic carbocycles. The van der Waals surface area contributed by atoms with Crippen LogP contribution >= 0.6 is 0 Å². The number of aliphatic hydroxyl groups excluding tert-OH is 1. The third-order valence-electron chi connectivity index (χ3n) is 2.48. The fourth-order valence-corrected chi connectivity index (χ4v) is 1.72. The fourth-order valence-electron chi connectivity index (χ4n) is 1.72. The van der Waals surface area contributed by atoms with E-state index in [1.807, 2.05) is 0 Å². The molecule has 16 heavy (non-hydrogen) atoms. The summed E-state index contributed by atoms with van der Waals surface area (Å²) in [7, 11) is 1.28. The standard InChI is InChI=1S/C12H14O4/c1-6-9(12(15)16-4)5-10(7(2)13)11(6)8(3)14/h5,13H,1-4H3. The molecule has 86 valence electrons. The highest BCUT2D eigenvalue weighted by Crippen LogP contribution is 2.33. The van der Waals surface area contributed by atoms with Crippen molar-refractivity contribution in [2.75, 3.05) is 7.11 Å². The van der Waals surface area contributed by atoms with Gasteiger partial charge in [0.25, 0.3) is 0 Å². The number of methoxy groups -OCH3 is 1. The molecule has 0 heterocycles. The van der Waals surface area contributed by atoms with Crippen molar-refractivity contribution >= 4 is 11.8 Å². The van der Waals surface area contributed by atoms with Gasteiger partial charge in [0.1, 0.15) is 0 Å². The van der Waals surface area contributed by atoms with Gasteiger partial charge in [-0.1, -0.05) is 0 Å². The van der Waals surface area contributed by atoms with Crippen molar-refractivity contribution in [2.45, 2.75) is 20.8 Å². The third-order valence-corrected chi connectivity index (χ3v) is 2.48. The topological polar surface area (TPSA) is 63.6 Å². The summed E-state index contributed by atoms with van der Waals surface area (Å²) in [6, 6.07) is 0. The quantitative estimate of drug-likeness (QED) is 0.572. The molecule has 0 aromatic rings. The molecule has 0 bridgehead atoms. The van der Waals surface area contributed by atoms with E-state index in [0.29, 0.717) is 22.3 Å². The summed E-state index contributed by atoms with van der Waals surface area (Å²) >= 11 is 0. The first-order valence-electron chi connectivity index (χ1n) is 4.82. The minimum absolute atomic E-state index is 0.0171. The molecule has 1 aliphatic carbocycles. The average molecular weight is 222 g/mol. The van der Waals surface area contributed by atoms with Crippen LogP contribution in [0.25, 0.3) is 0 Å². The summed E-state index contributed by atoms with van der Waals surface area (Å²) < 4.78 is 4.60. The number of carbonyl (C=O) groups is 2. The van der Waals surface area contributed by atoms with Gasteiger partial charge in [-0.3, -0.25) is 4.79 Å². The molecule has 0 aliphatic heterocycles. The number of hydrogen-bond donors (Lipinski definition) is 1. The number of esters is 1. The van der Waals surface area contributed by atoms with Crippen molar-refractivity contribution in [3.05, 3.63) is 34.1 Å². The zero-order chi connectivity index (χ0) is 12.5. The molecule has 1 rings (SSSR count). The number of carbonyl (C=O) groups excluding carboxylic acids is 2. The summed E-state index contributed by atoms with van der Waals surface area (Å²) in [5.74, 6) is -0.674. The maximum absolute atomic E-state index is 11.4. The molecular weight excluding hydrogens is 208 g/mol. The number of ether oxygens (including phenoxy) is 1. The van der Waals surface area contributed by atoms with E-state index < -0.39 is 5.97 Å². The molecule has 1 N–H and O–H groups in total. The number of Topliss-reactive ketones (excluding diaryl/α,β-unsaturated/α-hetero) is 1. The third kappa shape index (κ3) is 1.91. The molecule has 0 unspecified atom stereocenters. The van der Waals surface area contributed by atoms with Crippen molar-refractivity contribution in [3.63, 3.8) is 0 Å². The van der Waals surface area contributed by atoms with Crippen molar-refractivity contribution in [2.24, 2.45) is 0 Å². The maximum Gasteiger partial charge on any atom is 0.338 e. The molecule has 0 saturated carbocycles. The Balaban J connectivity index is 3.38. The predicted molar refractivity (Wildman–Crippen MR) is 58.8 cm³/mol. The van der Waals surface area contributed by atoms with Crippen molar-refractivity contribution < 1.29 is 19.4 Å². The van der Waals surface area contributed by atoms with Gasteiger partial charge in [0, 0.05) is 11.1 Å². The zero-order valence-corrected chi connectivity index (χ0v) is 9.75. The van der Waals surface area contributed by atoms with Gasteiger partial charge in [0.05, 0.1) is 18.4 Å². The minimum Gasteiger partial charge on any atom is -0.512 e. The van der Waals surface area contributed by atoms with Crippen molar-refractivity contribution in [1.29, 1.82) is 0 Å². The second kappa shape index (κ2) is 4.35. The molecule has 0 saturated heterocycles. The monoisotopic (exact) mass is 222 g/mol. The lowest BCUT2D eigenvalue weighted by Crippen LogP contribution is -2.05. The van der Waals surface area contributed by atoms with E-state index >= 15 is 0 Å². The molecule has 0 atom stereocenters. The van der Waals surface area contributed by atoms with Crippen LogP contribution in [-0.4, -0.2) is 24.0 Å². The number of ketones is 1. The molecule has 0 amide bonds. The summed E-state index contributed by atoms with van der Waals surface area (Å²) in [5.41, 5.74) is 1.63. The van der Waals surface area contributed by atoms with Gasteiger partial charge in [-0.15, -0.1) is 0 Å². The SMILES string of the molecule is COC(=O)C1=CC(=C(C)O)C(C(C)=O)=C1C. The van der Waals surface area contributed by atoms with Gasteiger partial charge in [0.15, 0.2) is 5.78 Å². The first-order chi connectivity index (χ1) is 7.40. The molecule has 0 fully saturated rings. The lowest BCUT2D eigenvalue weighted by atomic mass is 10.0. The molecule has 0 aromatic heterocycles. The first-order valence-corrected chi connectivity index (χ1v) is 4.82. The predicted octanol–water partition coefficient (Wildman–Crippen LogP) is 1.84.